The molecule has 0 bridgehead atoms. The van der Waals surface area contributed by atoms with Gasteiger partial charge in [-0.3, -0.25) is 0 Å². The van der Waals surface area contributed by atoms with E-state index < -0.39 is 11.6 Å². The molecule has 1 aromatic rings. The second kappa shape index (κ2) is 3.04. The van der Waals surface area contributed by atoms with Gasteiger partial charge in [0.15, 0.2) is 0 Å². The first-order valence-corrected chi connectivity index (χ1v) is 9.29. The maximum atomic E-state index is 11.0. The van der Waals surface area contributed by atoms with Gasteiger partial charge in [-0.1, -0.05) is 0 Å². The van der Waals surface area contributed by atoms with Crippen molar-refractivity contribution >= 4 is 35.9 Å². The van der Waals surface area contributed by atoms with Gasteiger partial charge in [0.1, 0.15) is 0 Å². The first-order valence-electron chi connectivity index (χ1n) is 2.65. The Balaban J connectivity index is 3.09. The van der Waals surface area contributed by atoms with Crippen LogP contribution in [0, 0.1) is 0 Å². The summed E-state index contributed by atoms with van der Waals surface area (Å²) in [6.07, 6.45) is 0. The Kier molecular flexibility index (Phi) is 2.51. The molecular weight excluding hydrogens is 234 g/mol. The van der Waals surface area contributed by atoms with Gasteiger partial charge in [0.25, 0.3) is 0 Å². The van der Waals surface area contributed by atoms with Crippen molar-refractivity contribution in [2.24, 2.45) is 0 Å². The van der Waals surface area contributed by atoms with Crippen LogP contribution >= 0.6 is 19.9 Å². The topological polar surface area (TPSA) is 17.1 Å². The van der Waals surface area contributed by atoms with Gasteiger partial charge in [-0.2, -0.15) is 0 Å². The molecule has 1 rings (SSSR count). The van der Waals surface area contributed by atoms with Gasteiger partial charge >= 0.3 is 69.9 Å². The zero-order chi connectivity index (χ0) is 7.61. The molecule has 0 aromatic heterocycles. The molecule has 0 heterocycles. The van der Waals surface area contributed by atoms with E-state index in [-0.39, 0.29) is 0 Å². The minimum absolute atomic E-state index is 0.545. The van der Waals surface area contributed by atoms with E-state index in [0.717, 1.165) is 0 Å². The molecule has 1 nitrogen and oxygen atoms in total. The van der Waals surface area contributed by atoms with Crippen molar-refractivity contribution in [1.29, 1.82) is 0 Å². The fraction of sp³-hybridized carbons (Fsp3) is 0. The molecule has 0 radical (unpaired) electrons. The van der Waals surface area contributed by atoms with Gasteiger partial charge < -0.3 is 0 Å². The summed E-state index contributed by atoms with van der Waals surface area (Å²) in [5.41, 5.74) is 0. The Hall–Kier alpha value is 0.158. The van der Waals surface area contributed by atoms with Gasteiger partial charge in [0, 0.05) is 0 Å². The van der Waals surface area contributed by atoms with E-state index in [1.165, 1.54) is 0 Å². The summed E-state index contributed by atoms with van der Waals surface area (Å²) in [4.78, 5) is 0. The summed E-state index contributed by atoms with van der Waals surface area (Å²) in [7, 11) is 10.9. The Morgan fingerprint density at radius 3 is 1.90 bits per heavy atom. The fourth-order valence-corrected chi connectivity index (χ4v) is 2.86. The Morgan fingerprint density at radius 2 is 1.60 bits per heavy atom. The molecule has 0 fully saturated rings. The Bertz CT molecular complexity index is 254. The van der Waals surface area contributed by atoms with Crippen molar-refractivity contribution in [2.45, 2.75) is 0 Å². The van der Waals surface area contributed by atoms with E-state index in [4.69, 9.17) is 19.9 Å². The molecule has 0 aliphatic carbocycles. The quantitative estimate of drug-likeness (QED) is 0.682. The van der Waals surface area contributed by atoms with Crippen molar-refractivity contribution < 1.29 is 3.74 Å². The van der Waals surface area contributed by atoms with Crippen LogP contribution in [-0.4, -0.2) is 11.6 Å². The summed E-state index contributed by atoms with van der Waals surface area (Å²) in [6, 6.07) is 8.67. The molecule has 1 aromatic carbocycles. The monoisotopic (exact) mass is 238 g/mol. The minimum atomic E-state index is -3.65. The summed E-state index contributed by atoms with van der Waals surface area (Å²) in [6.45, 7) is 0. The molecule has 0 unspecified atom stereocenters. The molecule has 0 aliphatic rings. The number of rotatable bonds is 1. The predicted molar refractivity (Wildman–Crippen MR) is 44.2 cm³/mol. The van der Waals surface area contributed by atoms with Gasteiger partial charge in [-0.15, -0.1) is 0 Å². The van der Waals surface area contributed by atoms with E-state index in [1.54, 1.807) is 24.3 Å². The molecule has 4 heteroatoms. The fourth-order valence-electron chi connectivity index (χ4n) is 0.602. The Morgan fingerprint density at radius 1 is 1.10 bits per heavy atom. The normalized spacial score (nSPS) is 11.4. The molecule has 0 saturated heterocycles. The summed E-state index contributed by atoms with van der Waals surface area (Å²) < 4.78 is 11.6. The standard InChI is InChI=1S/C6H5AsCl2O/c8-7(9,10)6-4-2-1-3-5-6/h1-5H. The molecule has 0 spiro atoms. The van der Waals surface area contributed by atoms with Gasteiger partial charge in [0.2, 0.25) is 0 Å². The third-order valence-electron chi connectivity index (χ3n) is 1.06. The van der Waals surface area contributed by atoms with Crippen LogP contribution < -0.4 is 4.35 Å². The van der Waals surface area contributed by atoms with Crippen molar-refractivity contribution in [2.75, 3.05) is 0 Å². The first-order chi connectivity index (χ1) is 4.61. The molecule has 10 heavy (non-hydrogen) atoms. The summed E-state index contributed by atoms with van der Waals surface area (Å²) >= 11 is -3.65. The van der Waals surface area contributed by atoms with Gasteiger partial charge in [-0.25, -0.2) is 0 Å². The van der Waals surface area contributed by atoms with Crippen molar-refractivity contribution in [3.63, 3.8) is 0 Å². The van der Waals surface area contributed by atoms with Crippen LogP contribution in [0.1, 0.15) is 0 Å². The number of hydrogen-bond donors (Lipinski definition) is 0. The number of halogens is 2. The third-order valence-corrected chi connectivity index (χ3v) is 4.97. The predicted octanol–water partition coefficient (Wildman–Crippen LogP) is 1.74. The number of hydrogen-bond acceptors (Lipinski definition) is 1. The summed E-state index contributed by atoms with van der Waals surface area (Å²) in [5.74, 6) is 0. The second-order valence-electron chi connectivity index (χ2n) is 1.80. The molecule has 0 N–H and O–H groups in total. The SMILES string of the molecule is O=[As](Cl)(Cl)c1ccccc1. The molecule has 0 atom stereocenters. The first kappa shape index (κ1) is 8.26. The average molecular weight is 239 g/mol. The van der Waals surface area contributed by atoms with E-state index in [0.29, 0.717) is 4.35 Å². The van der Waals surface area contributed by atoms with E-state index >= 15 is 0 Å². The van der Waals surface area contributed by atoms with Crippen molar-refractivity contribution in [3.8, 4) is 0 Å². The van der Waals surface area contributed by atoms with Gasteiger partial charge in [0.05, 0.1) is 0 Å². The van der Waals surface area contributed by atoms with Crippen molar-refractivity contribution in [3.05, 3.63) is 30.3 Å². The average Bonchev–Trinajstić information content (AvgIpc) is 1.88. The maximum absolute atomic E-state index is 11.0. The van der Waals surface area contributed by atoms with E-state index in [2.05, 4.69) is 0 Å². The zero-order valence-electron chi connectivity index (χ0n) is 5.00. The summed E-state index contributed by atoms with van der Waals surface area (Å²) in [5, 5.41) is 0. The van der Waals surface area contributed by atoms with Gasteiger partial charge in [-0.05, 0) is 0 Å². The van der Waals surface area contributed by atoms with E-state index in [1.807, 2.05) is 6.07 Å². The number of benzene rings is 1. The molecular formula is C6H5AsCl2O. The molecule has 0 amide bonds. The van der Waals surface area contributed by atoms with Crippen LogP contribution in [0.25, 0.3) is 0 Å². The molecule has 0 saturated carbocycles. The van der Waals surface area contributed by atoms with Crippen LogP contribution in [-0.2, 0) is 3.74 Å². The van der Waals surface area contributed by atoms with Crippen LogP contribution in [0.15, 0.2) is 30.3 Å². The molecule has 54 valence electrons. The van der Waals surface area contributed by atoms with Crippen LogP contribution in [0.2, 0.25) is 0 Å². The second-order valence-corrected chi connectivity index (χ2v) is 10.7. The zero-order valence-corrected chi connectivity index (χ0v) is 8.39. The van der Waals surface area contributed by atoms with Crippen LogP contribution in [0.3, 0.4) is 0 Å². The Labute approximate surface area is 69.9 Å². The third kappa shape index (κ3) is 2.09. The van der Waals surface area contributed by atoms with E-state index in [9.17, 15) is 3.74 Å². The molecule has 0 aliphatic heterocycles. The van der Waals surface area contributed by atoms with Crippen LogP contribution in [0.4, 0.5) is 0 Å². The van der Waals surface area contributed by atoms with Crippen LogP contribution in [0.5, 0.6) is 0 Å². The van der Waals surface area contributed by atoms with Crippen molar-refractivity contribution in [1.82, 2.24) is 0 Å².